The van der Waals surface area contributed by atoms with Crippen LogP contribution in [0.5, 0.6) is 0 Å². The molecule has 2 heterocycles. The van der Waals surface area contributed by atoms with E-state index in [0.717, 1.165) is 10.5 Å². The number of benzene rings is 1. The number of aromatic nitrogens is 1. The first-order valence-electron chi connectivity index (χ1n) is 11.7. The summed E-state index contributed by atoms with van der Waals surface area (Å²) in [4.78, 5) is 36.2. The molecule has 0 radical (unpaired) electrons. The van der Waals surface area contributed by atoms with Crippen LogP contribution in [-0.4, -0.2) is 47.2 Å². The summed E-state index contributed by atoms with van der Waals surface area (Å²) in [6, 6.07) is 11.4. The molecule has 3 rings (SSSR count). The maximum Gasteiger partial charge on any atom is 0.336 e. The monoisotopic (exact) mass is 496 g/mol. The highest BCUT2D eigenvalue weighted by Gasteiger charge is 2.43. The Morgan fingerprint density at radius 3 is 2.57 bits per heavy atom. The molecular weight excluding hydrogens is 464 g/mol. The summed E-state index contributed by atoms with van der Waals surface area (Å²) < 4.78 is 10.8. The van der Waals surface area contributed by atoms with E-state index in [2.05, 4.69) is 4.98 Å². The van der Waals surface area contributed by atoms with Gasteiger partial charge >= 0.3 is 11.9 Å². The van der Waals surface area contributed by atoms with Crippen molar-refractivity contribution in [1.29, 1.82) is 0 Å². The Balaban J connectivity index is 2.10. The molecule has 3 unspecified atom stereocenters. The van der Waals surface area contributed by atoms with Crippen LogP contribution < -0.4 is 0 Å². The molecule has 1 aliphatic rings. The van der Waals surface area contributed by atoms with Gasteiger partial charge in [-0.15, -0.1) is 11.8 Å². The third-order valence-electron chi connectivity index (χ3n) is 5.93. The van der Waals surface area contributed by atoms with Gasteiger partial charge in [-0.2, -0.15) is 0 Å². The Labute approximate surface area is 210 Å². The first-order valence-corrected chi connectivity index (χ1v) is 13.0. The van der Waals surface area contributed by atoms with Gasteiger partial charge in [-0.05, 0) is 69.2 Å². The van der Waals surface area contributed by atoms with E-state index in [1.807, 2.05) is 30.5 Å². The van der Waals surface area contributed by atoms with Crippen LogP contribution >= 0.6 is 11.8 Å². The van der Waals surface area contributed by atoms with E-state index in [1.165, 1.54) is 0 Å². The normalized spacial score (nSPS) is 18.6. The van der Waals surface area contributed by atoms with Gasteiger partial charge in [0.05, 0.1) is 30.6 Å². The van der Waals surface area contributed by atoms with Gasteiger partial charge in [0, 0.05) is 28.9 Å². The van der Waals surface area contributed by atoms with E-state index in [1.54, 1.807) is 57.1 Å². The van der Waals surface area contributed by atoms with Crippen LogP contribution in [0.3, 0.4) is 0 Å². The number of ether oxygens (including phenoxy) is 2. The summed E-state index contributed by atoms with van der Waals surface area (Å²) >= 11 is 1.58. The van der Waals surface area contributed by atoms with Crippen LogP contribution in [-0.2, 0) is 19.1 Å². The number of allylic oxidation sites excluding steroid dienone is 1. The Kier molecular flexibility index (Phi) is 9.63. The lowest BCUT2D eigenvalue weighted by atomic mass is 9.75. The first kappa shape index (κ1) is 26.6. The summed E-state index contributed by atoms with van der Waals surface area (Å²) in [6.07, 6.45) is 5.14. The van der Waals surface area contributed by atoms with E-state index in [0.29, 0.717) is 35.4 Å². The number of aliphatic hydroxyl groups is 1. The molecule has 1 aliphatic heterocycles. The van der Waals surface area contributed by atoms with E-state index in [9.17, 15) is 14.7 Å². The van der Waals surface area contributed by atoms with Crippen LogP contribution in [0.15, 0.2) is 69.9 Å². The molecule has 8 heteroatoms. The maximum atomic E-state index is 13.3. The molecule has 0 saturated carbocycles. The highest BCUT2D eigenvalue weighted by molar-refractivity contribution is 7.98. The minimum Gasteiger partial charge on any atom is -0.465 e. The largest absolute Gasteiger partial charge is 0.465 e. The second-order valence-electron chi connectivity index (χ2n) is 8.16. The molecule has 0 amide bonds. The molecule has 35 heavy (non-hydrogen) atoms. The van der Waals surface area contributed by atoms with E-state index >= 15 is 0 Å². The zero-order chi connectivity index (χ0) is 25.4. The van der Waals surface area contributed by atoms with Gasteiger partial charge < -0.3 is 14.6 Å². The van der Waals surface area contributed by atoms with Gasteiger partial charge in [-0.3, -0.25) is 14.8 Å². The standard InChI is InChI=1S/C27H32N2O5S/c1-5-33-26(31)23-17(3)29-21(12-13-22(30)19-10-8-14-28-16-19)25(27(32)34-6-2)24(23)18-9-7-11-20(15-18)35-4/h7-11,14-16,22-24,30H,5-6,12-13H2,1-4H3. The Hall–Kier alpha value is -2.97. The van der Waals surface area contributed by atoms with Crippen LogP contribution in [0.4, 0.5) is 0 Å². The third-order valence-corrected chi connectivity index (χ3v) is 6.65. The van der Waals surface area contributed by atoms with Crippen molar-refractivity contribution < 1.29 is 24.2 Å². The second kappa shape index (κ2) is 12.7. The predicted octanol–water partition coefficient (Wildman–Crippen LogP) is 4.87. The maximum absolute atomic E-state index is 13.3. The van der Waals surface area contributed by atoms with Crippen LogP contribution in [0.1, 0.15) is 56.8 Å². The first-order chi connectivity index (χ1) is 16.9. The summed E-state index contributed by atoms with van der Waals surface area (Å²) in [5, 5.41) is 10.7. The number of hydrogen-bond acceptors (Lipinski definition) is 8. The minimum atomic E-state index is -0.767. The molecule has 2 aromatic rings. The molecule has 186 valence electrons. The summed E-state index contributed by atoms with van der Waals surface area (Å²) in [5.74, 6) is -2.30. The third kappa shape index (κ3) is 6.38. The van der Waals surface area contributed by atoms with E-state index in [-0.39, 0.29) is 13.2 Å². The number of aliphatic imine (C=N–C) groups is 1. The average Bonchev–Trinajstić information content (AvgIpc) is 2.87. The summed E-state index contributed by atoms with van der Waals surface area (Å²) in [6.45, 7) is 5.70. The number of carbonyl (C=O) groups is 2. The molecule has 0 bridgehead atoms. The van der Waals surface area contributed by atoms with Crippen LogP contribution in [0, 0.1) is 5.92 Å². The lowest BCUT2D eigenvalue weighted by molar-refractivity contribution is -0.146. The zero-order valence-electron chi connectivity index (χ0n) is 20.6. The van der Waals surface area contributed by atoms with E-state index < -0.39 is 29.9 Å². The van der Waals surface area contributed by atoms with Gasteiger partial charge in [0.25, 0.3) is 0 Å². The molecular formula is C27H32N2O5S. The molecule has 1 aromatic carbocycles. The van der Waals surface area contributed by atoms with Crippen molar-refractivity contribution in [2.75, 3.05) is 19.5 Å². The molecule has 7 nitrogen and oxygen atoms in total. The highest BCUT2D eigenvalue weighted by atomic mass is 32.2. The summed E-state index contributed by atoms with van der Waals surface area (Å²) in [7, 11) is 0. The van der Waals surface area contributed by atoms with Crippen LogP contribution in [0.25, 0.3) is 0 Å². The van der Waals surface area contributed by atoms with Gasteiger partial charge in [0.2, 0.25) is 0 Å². The van der Waals surface area contributed by atoms with Crippen molar-refractivity contribution in [2.24, 2.45) is 10.9 Å². The van der Waals surface area contributed by atoms with E-state index in [4.69, 9.17) is 14.5 Å². The van der Waals surface area contributed by atoms with Crippen molar-refractivity contribution in [3.8, 4) is 0 Å². The number of esters is 2. The minimum absolute atomic E-state index is 0.193. The summed E-state index contributed by atoms with van der Waals surface area (Å²) in [5.41, 5.74) is 2.94. The zero-order valence-corrected chi connectivity index (χ0v) is 21.4. The average molecular weight is 497 g/mol. The van der Waals surface area contributed by atoms with Gasteiger partial charge in [-0.25, -0.2) is 4.79 Å². The van der Waals surface area contributed by atoms with Crippen LogP contribution in [0.2, 0.25) is 0 Å². The number of hydrogen-bond donors (Lipinski definition) is 1. The fraction of sp³-hybridized carbons (Fsp3) is 0.407. The quantitative estimate of drug-likeness (QED) is 0.370. The fourth-order valence-corrected chi connectivity index (χ4v) is 4.79. The molecule has 0 spiro atoms. The Morgan fingerprint density at radius 2 is 1.91 bits per heavy atom. The SMILES string of the molecule is CCOC(=O)C1=C(CCC(O)c2cccnc2)N=C(C)C(C(=O)OCC)C1c1cccc(SC)c1. The smallest absolute Gasteiger partial charge is 0.336 e. The lowest BCUT2D eigenvalue weighted by Gasteiger charge is -2.32. The number of thioether (sulfide) groups is 1. The van der Waals surface area contributed by atoms with Gasteiger partial charge in [0.1, 0.15) is 5.92 Å². The Morgan fingerprint density at radius 1 is 1.14 bits per heavy atom. The molecule has 0 saturated heterocycles. The number of aliphatic hydroxyl groups excluding tert-OH is 1. The number of nitrogens with zero attached hydrogens (tertiary/aromatic N) is 2. The van der Waals surface area contributed by atoms with Crippen molar-refractivity contribution in [1.82, 2.24) is 4.98 Å². The van der Waals surface area contributed by atoms with Gasteiger partial charge in [0.15, 0.2) is 0 Å². The topological polar surface area (TPSA) is 98.1 Å². The molecule has 1 N–H and O–H groups in total. The number of rotatable bonds is 10. The fourth-order valence-electron chi connectivity index (χ4n) is 4.32. The molecule has 0 fully saturated rings. The number of pyridine rings is 1. The lowest BCUT2D eigenvalue weighted by Crippen LogP contribution is -2.37. The molecule has 0 aliphatic carbocycles. The predicted molar refractivity (Wildman–Crippen MR) is 136 cm³/mol. The second-order valence-corrected chi connectivity index (χ2v) is 9.04. The van der Waals surface area contributed by atoms with Crippen molar-refractivity contribution in [2.45, 2.75) is 50.5 Å². The highest BCUT2D eigenvalue weighted by Crippen LogP contribution is 2.42. The van der Waals surface area contributed by atoms with Crippen molar-refractivity contribution >= 4 is 29.4 Å². The van der Waals surface area contributed by atoms with Crippen molar-refractivity contribution in [3.63, 3.8) is 0 Å². The molecule has 1 aromatic heterocycles. The van der Waals surface area contributed by atoms with Gasteiger partial charge in [-0.1, -0.05) is 18.2 Å². The van der Waals surface area contributed by atoms with Crippen molar-refractivity contribution in [3.05, 3.63) is 71.2 Å². The number of carbonyl (C=O) groups excluding carboxylic acids is 2. The Bertz CT molecular complexity index is 1100. The molecule has 3 atom stereocenters.